The minimum atomic E-state index is -4.91. The molecule has 2 N–H and O–H groups in total. The Morgan fingerprint density at radius 1 is 1.06 bits per heavy atom. The second-order valence-electron chi connectivity index (χ2n) is 11.6. The van der Waals surface area contributed by atoms with E-state index in [-0.39, 0.29) is 54.3 Å². The summed E-state index contributed by atoms with van der Waals surface area (Å²) in [7, 11) is 1.31. The second kappa shape index (κ2) is 13.3. The van der Waals surface area contributed by atoms with E-state index in [1.54, 1.807) is 0 Å². The number of aliphatic carboxylic acids is 1. The van der Waals surface area contributed by atoms with E-state index in [4.69, 9.17) is 9.47 Å². The van der Waals surface area contributed by atoms with E-state index >= 15 is 8.78 Å². The number of ether oxygens (including phenoxy) is 2. The molecule has 2 aliphatic rings. The van der Waals surface area contributed by atoms with Crippen molar-refractivity contribution < 1.29 is 59.3 Å². The number of carbonyl (C=O) groups excluding carboxylic acids is 1. The molecule has 1 amide bonds. The number of hydrogen-bond donors (Lipinski definition) is 2. The Hall–Kier alpha value is -4.67. The van der Waals surface area contributed by atoms with Gasteiger partial charge in [0, 0.05) is 37.0 Å². The lowest BCUT2D eigenvalue weighted by molar-refractivity contribution is -0.167. The van der Waals surface area contributed by atoms with E-state index in [9.17, 15) is 45.8 Å². The van der Waals surface area contributed by atoms with Crippen molar-refractivity contribution in [2.75, 3.05) is 31.3 Å². The molecule has 2 aliphatic heterocycles. The van der Waals surface area contributed by atoms with Crippen LogP contribution in [0.3, 0.4) is 0 Å². The number of morpholine rings is 1. The fourth-order valence-electron chi connectivity index (χ4n) is 6.00. The Kier molecular flexibility index (Phi) is 9.69. The minimum absolute atomic E-state index is 0.0571. The van der Waals surface area contributed by atoms with Crippen LogP contribution in [-0.2, 0) is 35.6 Å². The van der Waals surface area contributed by atoms with E-state index in [1.165, 1.54) is 26.1 Å². The van der Waals surface area contributed by atoms with Crippen molar-refractivity contribution >= 4 is 17.6 Å². The number of nitrogens with one attached hydrogen (secondary N) is 1. The number of carboxylic acid groups (broad SMARTS) is 1. The van der Waals surface area contributed by atoms with Gasteiger partial charge in [-0.1, -0.05) is 12.1 Å². The summed E-state index contributed by atoms with van der Waals surface area (Å²) in [5, 5.41) is 11.9. The Labute approximate surface area is 273 Å². The lowest BCUT2D eigenvalue weighted by atomic mass is 9.89. The molecular formula is C32H29F8N3O6. The van der Waals surface area contributed by atoms with Crippen LogP contribution < -0.4 is 20.5 Å². The average molecular weight is 704 g/mol. The summed E-state index contributed by atoms with van der Waals surface area (Å²) in [6, 6.07) is 0.347. The van der Waals surface area contributed by atoms with Crippen LogP contribution in [0.15, 0.2) is 35.1 Å². The Morgan fingerprint density at radius 2 is 1.73 bits per heavy atom. The molecule has 1 saturated heterocycles. The summed E-state index contributed by atoms with van der Waals surface area (Å²) in [6.07, 6.45) is -9.62. The first-order chi connectivity index (χ1) is 22.9. The Bertz CT molecular complexity index is 1830. The normalized spacial score (nSPS) is 17.3. The third-order valence-corrected chi connectivity index (χ3v) is 8.54. The SMILES string of the molecule is Cc1cc(C(F)(F)F)c(-c2ccc(C[C@H](NC(=O)c3c(F)cc(N4CCOC[C@@H]4C(F)(F)F)cc3F)C(=O)O)c3c2OCCC3)c(=O)n1C. The molecule has 0 unspecified atom stereocenters. The number of alkyl halides is 6. The molecular weight excluding hydrogens is 674 g/mol. The molecule has 3 heterocycles. The maximum Gasteiger partial charge on any atom is 0.417 e. The summed E-state index contributed by atoms with van der Waals surface area (Å²) < 4.78 is 125. The van der Waals surface area contributed by atoms with Gasteiger partial charge in [-0.15, -0.1) is 0 Å². The van der Waals surface area contributed by atoms with E-state index in [0.29, 0.717) is 23.5 Å². The zero-order valence-corrected chi connectivity index (χ0v) is 25.9. The molecule has 2 aromatic carbocycles. The number of hydrogen-bond acceptors (Lipinski definition) is 6. The number of fused-ring (bicyclic) bond motifs is 1. The number of benzene rings is 2. The zero-order valence-electron chi connectivity index (χ0n) is 25.9. The van der Waals surface area contributed by atoms with Gasteiger partial charge in [0.2, 0.25) is 0 Å². The fraction of sp³-hybridized carbons (Fsp3) is 0.406. The number of carbonyl (C=O) groups is 2. The summed E-state index contributed by atoms with van der Waals surface area (Å²) in [5.41, 5.74) is -4.15. The molecule has 9 nitrogen and oxygen atoms in total. The molecule has 1 fully saturated rings. The van der Waals surface area contributed by atoms with Crippen molar-refractivity contribution in [3.8, 4) is 16.9 Å². The van der Waals surface area contributed by atoms with Crippen LogP contribution in [-0.4, -0.2) is 66.2 Å². The van der Waals surface area contributed by atoms with Crippen LogP contribution in [0.1, 0.15) is 39.2 Å². The third-order valence-electron chi connectivity index (χ3n) is 8.54. The van der Waals surface area contributed by atoms with Crippen molar-refractivity contribution in [1.82, 2.24) is 9.88 Å². The third kappa shape index (κ3) is 7.07. The predicted molar refractivity (Wildman–Crippen MR) is 158 cm³/mol. The molecule has 5 rings (SSSR count). The number of halogens is 8. The van der Waals surface area contributed by atoms with Gasteiger partial charge in [-0.05, 0) is 49.1 Å². The largest absolute Gasteiger partial charge is 0.493 e. The smallest absolute Gasteiger partial charge is 0.417 e. The summed E-state index contributed by atoms with van der Waals surface area (Å²) in [4.78, 5) is 39.1. The second-order valence-corrected chi connectivity index (χ2v) is 11.6. The summed E-state index contributed by atoms with van der Waals surface area (Å²) >= 11 is 0. The van der Waals surface area contributed by atoms with E-state index < -0.39 is 88.9 Å². The van der Waals surface area contributed by atoms with Gasteiger partial charge in [-0.25, -0.2) is 13.6 Å². The molecule has 2 atom stereocenters. The number of carboxylic acids is 1. The fourth-order valence-corrected chi connectivity index (χ4v) is 6.00. The van der Waals surface area contributed by atoms with Gasteiger partial charge in [-0.2, -0.15) is 26.3 Å². The molecule has 264 valence electrons. The van der Waals surface area contributed by atoms with E-state index in [0.717, 1.165) is 10.6 Å². The van der Waals surface area contributed by atoms with E-state index in [2.05, 4.69) is 0 Å². The molecule has 0 aliphatic carbocycles. The van der Waals surface area contributed by atoms with Crippen LogP contribution in [0.5, 0.6) is 5.75 Å². The highest BCUT2D eigenvalue weighted by Crippen LogP contribution is 2.43. The molecule has 0 spiro atoms. The number of amides is 1. The Balaban J connectivity index is 1.47. The molecule has 1 aromatic heterocycles. The summed E-state index contributed by atoms with van der Waals surface area (Å²) in [6.45, 7) is 0.141. The molecule has 0 bridgehead atoms. The topological polar surface area (TPSA) is 110 Å². The van der Waals surface area contributed by atoms with Crippen molar-refractivity contribution in [2.24, 2.45) is 7.05 Å². The molecule has 0 saturated carbocycles. The zero-order chi connectivity index (χ0) is 36.0. The molecule has 17 heteroatoms. The molecule has 0 radical (unpaired) electrons. The molecule has 49 heavy (non-hydrogen) atoms. The quantitative estimate of drug-likeness (QED) is 0.327. The van der Waals surface area contributed by atoms with E-state index in [1.807, 2.05) is 5.32 Å². The van der Waals surface area contributed by atoms with Gasteiger partial charge >= 0.3 is 18.3 Å². The number of nitrogens with zero attached hydrogens (tertiary/aromatic N) is 2. The van der Waals surface area contributed by atoms with Crippen LogP contribution in [0, 0.1) is 18.6 Å². The van der Waals surface area contributed by atoms with Crippen LogP contribution in [0.2, 0.25) is 0 Å². The average Bonchev–Trinajstić information content (AvgIpc) is 3.02. The number of aryl methyl sites for hydroxylation is 1. The van der Waals surface area contributed by atoms with Crippen molar-refractivity contribution in [3.05, 3.63) is 80.3 Å². The predicted octanol–water partition coefficient (Wildman–Crippen LogP) is 5.18. The summed E-state index contributed by atoms with van der Waals surface area (Å²) in [5.74, 6) is -6.30. The highest BCUT2D eigenvalue weighted by Gasteiger charge is 2.46. The monoisotopic (exact) mass is 703 g/mol. The highest BCUT2D eigenvalue weighted by atomic mass is 19.4. The number of anilines is 1. The van der Waals surface area contributed by atoms with Crippen LogP contribution in [0.4, 0.5) is 40.8 Å². The first kappa shape index (κ1) is 35.6. The maximum absolute atomic E-state index is 15.1. The van der Waals surface area contributed by atoms with Crippen molar-refractivity contribution in [2.45, 2.75) is 50.6 Å². The first-order valence-electron chi connectivity index (χ1n) is 14.9. The lowest BCUT2D eigenvalue weighted by Gasteiger charge is -2.38. The highest BCUT2D eigenvalue weighted by molar-refractivity contribution is 5.97. The minimum Gasteiger partial charge on any atom is -0.493 e. The van der Waals surface area contributed by atoms with Gasteiger partial charge in [-0.3, -0.25) is 9.59 Å². The van der Waals surface area contributed by atoms with Crippen LogP contribution >= 0.6 is 0 Å². The van der Waals surface area contributed by atoms with Gasteiger partial charge < -0.3 is 29.4 Å². The maximum atomic E-state index is 15.1. The van der Waals surface area contributed by atoms with Crippen LogP contribution in [0.25, 0.3) is 11.1 Å². The molecule has 3 aromatic rings. The lowest BCUT2D eigenvalue weighted by Crippen LogP contribution is -2.53. The first-order valence-corrected chi connectivity index (χ1v) is 14.9. The van der Waals surface area contributed by atoms with Gasteiger partial charge in [0.15, 0.2) is 0 Å². The number of pyridine rings is 1. The number of aromatic nitrogens is 1. The number of rotatable bonds is 7. The van der Waals surface area contributed by atoms with Crippen molar-refractivity contribution in [1.29, 1.82) is 0 Å². The van der Waals surface area contributed by atoms with Crippen molar-refractivity contribution in [3.63, 3.8) is 0 Å². The van der Waals surface area contributed by atoms with Gasteiger partial charge in [0.1, 0.15) is 35.0 Å². The Morgan fingerprint density at radius 3 is 2.35 bits per heavy atom. The standard InChI is InChI=1S/C32H29F8N3O6/c1-15-10-20(31(35,36)37)25(29(45)42(15)2)19-6-5-16(18-4-3-8-49-27(18)19)11-23(30(46)47)41-28(44)26-21(33)12-17(13-22(26)34)43-7-9-48-14-24(43)32(38,39)40/h5-6,10,12-13,23-24H,3-4,7-9,11,14H2,1-2H3,(H,41,44)(H,46,47)/t23-,24+/m0/s1. The van der Waals surface area contributed by atoms with Gasteiger partial charge in [0.25, 0.3) is 11.5 Å². The van der Waals surface area contributed by atoms with Gasteiger partial charge in [0.05, 0.1) is 30.9 Å².